The highest BCUT2D eigenvalue weighted by Crippen LogP contribution is 2.10. The maximum Gasteiger partial charge on any atom is 0.537 e. The fourth-order valence-electron chi connectivity index (χ4n) is 1.42. The molecule has 0 aromatic heterocycles. The zero-order chi connectivity index (χ0) is 16.1. The first-order valence-electron chi connectivity index (χ1n) is 7.72. The lowest BCUT2D eigenvalue weighted by Crippen LogP contribution is -2.56. The SMILES string of the molecule is [2H]C([2H])([2H])C([2H])([2H])O[Si](OCC)(OCC)c1ccccc1. The Morgan fingerprint density at radius 1 is 1.12 bits per heavy atom. The smallest absolute Gasteiger partial charge is 0.370 e. The van der Waals surface area contributed by atoms with Crippen molar-refractivity contribution in [1.29, 1.82) is 0 Å². The summed E-state index contributed by atoms with van der Waals surface area (Å²) in [5.74, 6) is 0. The fourth-order valence-corrected chi connectivity index (χ4v) is 3.56. The van der Waals surface area contributed by atoms with Crippen LogP contribution in [0.25, 0.3) is 0 Å². The molecule has 0 radical (unpaired) electrons. The molecular weight excluding hydrogens is 220 g/mol. The van der Waals surface area contributed by atoms with Crippen LogP contribution in [0.2, 0.25) is 0 Å². The van der Waals surface area contributed by atoms with Crippen LogP contribution in [-0.2, 0) is 13.3 Å². The molecule has 1 aromatic carbocycles. The fraction of sp³-hybridized carbons (Fsp3) is 0.500. The van der Waals surface area contributed by atoms with Gasteiger partial charge in [0.25, 0.3) is 0 Å². The van der Waals surface area contributed by atoms with Crippen LogP contribution >= 0.6 is 0 Å². The third-order valence-electron chi connectivity index (χ3n) is 1.98. The Morgan fingerprint density at radius 3 is 2.25 bits per heavy atom. The molecule has 0 aliphatic carbocycles. The molecule has 0 N–H and O–H groups in total. The molecule has 16 heavy (non-hydrogen) atoms. The lowest BCUT2D eigenvalue weighted by atomic mass is 10.4. The van der Waals surface area contributed by atoms with Crippen molar-refractivity contribution in [3.05, 3.63) is 30.3 Å². The van der Waals surface area contributed by atoms with E-state index in [1.54, 1.807) is 44.2 Å². The summed E-state index contributed by atoms with van der Waals surface area (Å²) in [6.07, 6.45) is 0. The molecule has 0 fully saturated rings. The summed E-state index contributed by atoms with van der Waals surface area (Å²) in [5.41, 5.74) is 0. The van der Waals surface area contributed by atoms with E-state index in [1.807, 2.05) is 0 Å². The third-order valence-corrected chi connectivity index (χ3v) is 4.73. The van der Waals surface area contributed by atoms with Crippen LogP contribution in [-0.4, -0.2) is 28.6 Å². The first-order valence-corrected chi connectivity index (χ1v) is 6.94. The van der Waals surface area contributed by atoms with Crippen molar-refractivity contribution < 1.29 is 20.1 Å². The van der Waals surface area contributed by atoms with Gasteiger partial charge in [-0.05, 0) is 20.7 Å². The quantitative estimate of drug-likeness (QED) is 0.687. The molecule has 0 bridgehead atoms. The Morgan fingerprint density at radius 2 is 1.75 bits per heavy atom. The van der Waals surface area contributed by atoms with Crippen LogP contribution in [0.1, 0.15) is 27.6 Å². The molecular formula is C12H20O3Si. The summed E-state index contributed by atoms with van der Waals surface area (Å²) >= 11 is 0. The van der Waals surface area contributed by atoms with Gasteiger partial charge in [0, 0.05) is 29.1 Å². The minimum atomic E-state index is -3.65. The van der Waals surface area contributed by atoms with Gasteiger partial charge in [-0.3, -0.25) is 0 Å². The highest BCUT2D eigenvalue weighted by atomic mass is 28.4. The Balaban J connectivity index is 3.25. The predicted octanol–water partition coefficient (Wildman–Crippen LogP) is 1.94. The summed E-state index contributed by atoms with van der Waals surface area (Å²) in [5, 5.41) is 0.529. The average molecular weight is 245 g/mol. The first kappa shape index (κ1) is 7.61. The van der Waals surface area contributed by atoms with E-state index in [4.69, 9.17) is 20.1 Å². The van der Waals surface area contributed by atoms with Crippen molar-refractivity contribution in [2.24, 2.45) is 0 Å². The number of hydrogen-bond donors (Lipinski definition) is 0. The molecule has 0 amide bonds. The lowest BCUT2D eigenvalue weighted by Gasteiger charge is -2.28. The van der Waals surface area contributed by atoms with Crippen molar-refractivity contribution >= 4 is 14.0 Å². The second kappa shape index (κ2) is 6.80. The largest absolute Gasteiger partial charge is 0.537 e. The van der Waals surface area contributed by atoms with Crippen molar-refractivity contribution in [1.82, 2.24) is 0 Å². The first-order chi connectivity index (χ1) is 9.68. The number of rotatable bonds is 7. The van der Waals surface area contributed by atoms with E-state index in [2.05, 4.69) is 0 Å². The number of hydrogen-bond acceptors (Lipinski definition) is 3. The average Bonchev–Trinajstić information content (AvgIpc) is 2.38. The van der Waals surface area contributed by atoms with Gasteiger partial charge in [-0.1, -0.05) is 30.3 Å². The normalized spacial score (nSPS) is 18.0. The number of benzene rings is 1. The lowest BCUT2D eigenvalue weighted by molar-refractivity contribution is 0.0859. The van der Waals surface area contributed by atoms with E-state index in [1.165, 1.54) is 0 Å². The molecule has 0 aliphatic heterocycles. The van der Waals surface area contributed by atoms with Gasteiger partial charge in [-0.2, -0.15) is 0 Å². The minimum absolute atomic E-state index is 0.220. The molecule has 4 heteroatoms. The maximum absolute atomic E-state index is 7.70. The van der Waals surface area contributed by atoms with Crippen LogP contribution in [0.5, 0.6) is 0 Å². The molecule has 1 aromatic rings. The minimum Gasteiger partial charge on any atom is -0.370 e. The highest BCUT2D eigenvalue weighted by Gasteiger charge is 2.42. The van der Waals surface area contributed by atoms with Crippen molar-refractivity contribution in [3.8, 4) is 0 Å². The summed E-state index contributed by atoms with van der Waals surface area (Å²) in [4.78, 5) is 0. The molecule has 1 rings (SSSR count). The van der Waals surface area contributed by atoms with Gasteiger partial charge in [0.05, 0.1) is 2.74 Å². The van der Waals surface area contributed by atoms with E-state index in [0.29, 0.717) is 5.19 Å². The molecule has 0 aliphatic rings. The van der Waals surface area contributed by atoms with E-state index in [-0.39, 0.29) is 13.2 Å². The zero-order valence-corrected chi connectivity index (χ0v) is 10.5. The predicted molar refractivity (Wildman–Crippen MR) is 66.7 cm³/mol. The topological polar surface area (TPSA) is 27.7 Å². The second-order valence-corrected chi connectivity index (χ2v) is 5.46. The maximum atomic E-state index is 7.70. The Hall–Kier alpha value is -0.683. The molecule has 90 valence electrons. The standard InChI is InChI=1S/C12H20O3Si/c1-4-13-16(14-5-2,15-6-3)12-10-8-7-9-11-12/h7-11H,4-6H2,1-3H3/i1D3,4D2. The highest BCUT2D eigenvalue weighted by molar-refractivity contribution is 6.75. The summed E-state index contributed by atoms with van der Waals surface area (Å²) in [6.45, 7) is -1.92. The van der Waals surface area contributed by atoms with E-state index in [0.717, 1.165) is 0 Å². The molecule has 0 heterocycles. The van der Waals surface area contributed by atoms with E-state index < -0.39 is 22.2 Å². The molecule has 0 spiro atoms. The van der Waals surface area contributed by atoms with Crippen LogP contribution in [0.3, 0.4) is 0 Å². The summed E-state index contributed by atoms with van der Waals surface area (Å²) < 4.78 is 53.8. The third kappa shape index (κ3) is 3.15. The molecule has 0 unspecified atom stereocenters. The van der Waals surface area contributed by atoms with Gasteiger partial charge < -0.3 is 13.3 Å². The van der Waals surface area contributed by atoms with E-state index in [9.17, 15) is 0 Å². The van der Waals surface area contributed by atoms with Gasteiger partial charge in [0.15, 0.2) is 0 Å². The Labute approximate surface area is 106 Å². The molecule has 0 saturated heterocycles. The second-order valence-electron chi connectivity index (χ2n) is 2.99. The van der Waals surface area contributed by atoms with Gasteiger partial charge in [0.2, 0.25) is 0 Å². The molecule has 0 saturated carbocycles. The van der Waals surface area contributed by atoms with Crippen molar-refractivity contribution in [2.75, 3.05) is 19.8 Å². The van der Waals surface area contributed by atoms with Crippen molar-refractivity contribution in [2.45, 2.75) is 20.7 Å². The molecule has 3 nitrogen and oxygen atoms in total. The molecule has 0 atom stereocenters. The van der Waals surface area contributed by atoms with Crippen LogP contribution in [0.15, 0.2) is 30.3 Å². The van der Waals surface area contributed by atoms with Crippen LogP contribution < -0.4 is 5.19 Å². The monoisotopic (exact) mass is 245 g/mol. The van der Waals surface area contributed by atoms with Crippen LogP contribution in [0.4, 0.5) is 0 Å². The van der Waals surface area contributed by atoms with E-state index >= 15 is 0 Å². The van der Waals surface area contributed by atoms with Crippen LogP contribution in [0, 0.1) is 0 Å². The Bertz CT molecular complexity index is 432. The summed E-state index contributed by atoms with van der Waals surface area (Å²) in [6, 6.07) is 8.64. The van der Waals surface area contributed by atoms with Crippen molar-refractivity contribution in [3.63, 3.8) is 0 Å². The zero-order valence-electron chi connectivity index (χ0n) is 14.5. The van der Waals surface area contributed by atoms with Gasteiger partial charge >= 0.3 is 8.80 Å². The van der Waals surface area contributed by atoms with Gasteiger partial charge in [-0.15, -0.1) is 0 Å². The summed E-state index contributed by atoms with van der Waals surface area (Å²) in [7, 11) is -3.65. The van der Waals surface area contributed by atoms with Gasteiger partial charge in [-0.25, -0.2) is 0 Å². The Kier molecular flexibility index (Phi) is 3.23. The van der Waals surface area contributed by atoms with Gasteiger partial charge in [0.1, 0.15) is 0 Å².